The maximum Gasteiger partial charge on any atom is 0.238 e. The third-order valence-corrected chi connectivity index (χ3v) is 4.88. The van der Waals surface area contributed by atoms with Gasteiger partial charge in [-0.2, -0.15) is 0 Å². The van der Waals surface area contributed by atoms with Gasteiger partial charge in [0, 0.05) is 24.8 Å². The van der Waals surface area contributed by atoms with Crippen LogP contribution in [0, 0.1) is 0 Å². The van der Waals surface area contributed by atoms with Gasteiger partial charge in [0.1, 0.15) is 5.75 Å². The summed E-state index contributed by atoms with van der Waals surface area (Å²) in [7, 11) is 1.62. The molecule has 3 rings (SSSR count). The molecule has 1 fully saturated rings. The van der Waals surface area contributed by atoms with E-state index >= 15 is 0 Å². The Labute approximate surface area is 165 Å². The molecule has 0 aromatic heterocycles. The Hall–Kier alpha value is -2.86. The van der Waals surface area contributed by atoms with Crippen LogP contribution in [0.4, 0.5) is 5.69 Å². The molecule has 0 radical (unpaired) electrons. The Bertz CT molecular complexity index is 787. The maximum atomic E-state index is 12.3. The minimum Gasteiger partial charge on any atom is -0.497 e. The van der Waals surface area contributed by atoms with Crippen molar-refractivity contribution in [3.05, 3.63) is 60.2 Å². The van der Waals surface area contributed by atoms with E-state index in [0.29, 0.717) is 13.0 Å². The van der Waals surface area contributed by atoms with Gasteiger partial charge in [-0.15, -0.1) is 0 Å². The van der Waals surface area contributed by atoms with Gasteiger partial charge < -0.3 is 15.4 Å². The van der Waals surface area contributed by atoms with Crippen molar-refractivity contribution in [1.82, 2.24) is 10.2 Å². The summed E-state index contributed by atoms with van der Waals surface area (Å²) in [4.78, 5) is 26.6. The Balaban J connectivity index is 1.38. The van der Waals surface area contributed by atoms with Crippen molar-refractivity contribution in [2.24, 2.45) is 0 Å². The van der Waals surface area contributed by atoms with Crippen molar-refractivity contribution >= 4 is 17.5 Å². The fraction of sp³-hybridized carbons (Fsp3) is 0.364. The third-order valence-electron chi connectivity index (χ3n) is 4.88. The van der Waals surface area contributed by atoms with Crippen LogP contribution in [0.5, 0.6) is 5.75 Å². The molecular weight excluding hydrogens is 354 g/mol. The molecule has 2 aromatic carbocycles. The summed E-state index contributed by atoms with van der Waals surface area (Å²) in [6.45, 7) is 1.97. The highest BCUT2D eigenvalue weighted by Crippen LogP contribution is 2.14. The van der Waals surface area contributed by atoms with E-state index in [4.69, 9.17) is 4.74 Å². The molecule has 0 spiro atoms. The zero-order valence-electron chi connectivity index (χ0n) is 16.2. The first-order valence-electron chi connectivity index (χ1n) is 9.62. The molecule has 6 nitrogen and oxygen atoms in total. The van der Waals surface area contributed by atoms with Crippen LogP contribution in [0.25, 0.3) is 0 Å². The van der Waals surface area contributed by atoms with E-state index < -0.39 is 0 Å². The quantitative estimate of drug-likeness (QED) is 0.773. The lowest BCUT2D eigenvalue weighted by Crippen LogP contribution is -2.46. The first-order chi connectivity index (χ1) is 13.6. The zero-order valence-corrected chi connectivity index (χ0v) is 16.2. The van der Waals surface area contributed by atoms with Gasteiger partial charge in [0.15, 0.2) is 0 Å². The molecule has 0 unspecified atom stereocenters. The van der Waals surface area contributed by atoms with E-state index in [0.717, 1.165) is 42.9 Å². The Morgan fingerprint density at radius 1 is 1.04 bits per heavy atom. The minimum atomic E-state index is -0.00768. The van der Waals surface area contributed by atoms with Gasteiger partial charge in [0.05, 0.1) is 20.1 Å². The monoisotopic (exact) mass is 381 g/mol. The molecule has 0 saturated carbocycles. The Morgan fingerprint density at radius 2 is 1.79 bits per heavy atom. The zero-order chi connectivity index (χ0) is 19.8. The Morgan fingerprint density at radius 3 is 2.50 bits per heavy atom. The number of anilines is 1. The second-order valence-corrected chi connectivity index (χ2v) is 7.06. The van der Waals surface area contributed by atoms with E-state index in [1.54, 1.807) is 7.11 Å². The molecule has 0 atom stereocenters. The molecular formula is C22H27N3O3. The highest BCUT2D eigenvalue weighted by atomic mass is 16.5. The first-order valence-corrected chi connectivity index (χ1v) is 9.62. The number of para-hydroxylation sites is 1. The van der Waals surface area contributed by atoms with Gasteiger partial charge in [-0.05, 0) is 42.7 Å². The molecule has 1 saturated heterocycles. The second kappa shape index (κ2) is 9.90. The predicted molar refractivity (Wildman–Crippen MR) is 109 cm³/mol. The molecule has 28 heavy (non-hydrogen) atoms. The van der Waals surface area contributed by atoms with Crippen LogP contribution < -0.4 is 15.4 Å². The number of hydrogen-bond acceptors (Lipinski definition) is 4. The fourth-order valence-electron chi connectivity index (χ4n) is 3.41. The smallest absolute Gasteiger partial charge is 0.238 e. The van der Waals surface area contributed by atoms with Crippen molar-refractivity contribution in [3.8, 4) is 5.75 Å². The number of rotatable bonds is 7. The standard InChI is InChI=1S/C22H27N3O3/c1-28-20-9-5-6-17(14-20)15-21(26)23-19-10-12-25(13-11-19)16-22(27)24-18-7-3-2-4-8-18/h2-9,14,19H,10-13,15-16H2,1H3,(H,23,26)(H,24,27). The highest BCUT2D eigenvalue weighted by Gasteiger charge is 2.22. The van der Waals surface area contributed by atoms with Crippen molar-refractivity contribution in [2.75, 3.05) is 32.1 Å². The SMILES string of the molecule is COc1cccc(CC(=O)NC2CCN(CC(=O)Nc3ccccc3)CC2)c1. The number of carbonyl (C=O) groups excluding carboxylic acids is 2. The van der Waals surface area contributed by atoms with E-state index in [2.05, 4.69) is 15.5 Å². The minimum absolute atomic E-state index is 0.00768. The largest absolute Gasteiger partial charge is 0.497 e. The first kappa shape index (κ1) is 19.9. The molecule has 2 aromatic rings. The topological polar surface area (TPSA) is 70.7 Å². The van der Waals surface area contributed by atoms with Crippen LogP contribution in [-0.2, 0) is 16.0 Å². The highest BCUT2D eigenvalue weighted by molar-refractivity contribution is 5.92. The molecule has 2 amide bonds. The van der Waals surface area contributed by atoms with Gasteiger partial charge in [-0.1, -0.05) is 30.3 Å². The van der Waals surface area contributed by atoms with Gasteiger partial charge in [-0.25, -0.2) is 0 Å². The van der Waals surface area contributed by atoms with Crippen LogP contribution in [0.2, 0.25) is 0 Å². The molecule has 148 valence electrons. The second-order valence-electron chi connectivity index (χ2n) is 7.06. The number of ether oxygens (including phenoxy) is 1. The third kappa shape index (κ3) is 6.09. The van der Waals surface area contributed by atoms with Crippen molar-refractivity contribution in [3.63, 3.8) is 0 Å². The molecule has 0 aliphatic carbocycles. The number of hydrogen-bond donors (Lipinski definition) is 2. The molecule has 6 heteroatoms. The normalized spacial score (nSPS) is 15.0. The summed E-state index contributed by atoms with van der Waals surface area (Å²) in [5.41, 5.74) is 1.75. The summed E-state index contributed by atoms with van der Waals surface area (Å²) in [5, 5.41) is 6.02. The number of carbonyl (C=O) groups is 2. The van der Waals surface area contributed by atoms with Crippen LogP contribution in [-0.4, -0.2) is 49.5 Å². The summed E-state index contributed by atoms with van der Waals surface area (Å²) in [6.07, 6.45) is 2.04. The number of nitrogens with zero attached hydrogens (tertiary/aromatic N) is 1. The van der Waals surface area contributed by atoms with Crippen LogP contribution in [0.3, 0.4) is 0 Å². The Kier molecular flexibility index (Phi) is 7.03. The number of benzene rings is 2. The number of amides is 2. The number of likely N-dealkylation sites (tertiary alicyclic amines) is 1. The average molecular weight is 381 g/mol. The molecule has 1 aliphatic rings. The molecule has 2 N–H and O–H groups in total. The lowest BCUT2D eigenvalue weighted by Gasteiger charge is -2.31. The van der Waals surface area contributed by atoms with Crippen molar-refractivity contribution in [2.45, 2.75) is 25.3 Å². The van der Waals surface area contributed by atoms with E-state index in [-0.39, 0.29) is 17.9 Å². The lowest BCUT2D eigenvalue weighted by atomic mass is 10.0. The van der Waals surface area contributed by atoms with E-state index in [1.807, 2.05) is 54.6 Å². The van der Waals surface area contributed by atoms with Gasteiger partial charge >= 0.3 is 0 Å². The summed E-state index contributed by atoms with van der Waals surface area (Å²) >= 11 is 0. The van der Waals surface area contributed by atoms with Crippen LogP contribution in [0.1, 0.15) is 18.4 Å². The van der Waals surface area contributed by atoms with Crippen molar-refractivity contribution < 1.29 is 14.3 Å². The molecule has 0 bridgehead atoms. The number of piperidine rings is 1. The van der Waals surface area contributed by atoms with Crippen molar-refractivity contribution in [1.29, 1.82) is 0 Å². The lowest BCUT2D eigenvalue weighted by molar-refractivity contribution is -0.122. The molecule has 1 heterocycles. The fourth-order valence-corrected chi connectivity index (χ4v) is 3.41. The summed E-state index contributed by atoms with van der Waals surface area (Å²) in [5.74, 6) is 0.771. The summed E-state index contributed by atoms with van der Waals surface area (Å²) < 4.78 is 5.20. The van der Waals surface area contributed by atoms with Gasteiger partial charge in [0.2, 0.25) is 11.8 Å². The van der Waals surface area contributed by atoms with E-state index in [9.17, 15) is 9.59 Å². The predicted octanol–water partition coefficient (Wildman–Crippen LogP) is 2.46. The van der Waals surface area contributed by atoms with Gasteiger partial charge in [0.25, 0.3) is 0 Å². The summed E-state index contributed by atoms with van der Waals surface area (Å²) in [6, 6.07) is 17.2. The number of methoxy groups -OCH3 is 1. The number of nitrogens with one attached hydrogen (secondary N) is 2. The van der Waals surface area contributed by atoms with Gasteiger partial charge in [-0.3, -0.25) is 14.5 Å². The molecule has 1 aliphatic heterocycles. The average Bonchev–Trinajstić information content (AvgIpc) is 2.70. The van der Waals surface area contributed by atoms with Crippen LogP contribution in [0.15, 0.2) is 54.6 Å². The maximum absolute atomic E-state index is 12.3. The van der Waals surface area contributed by atoms with Crippen LogP contribution >= 0.6 is 0 Å². The van der Waals surface area contributed by atoms with E-state index in [1.165, 1.54) is 0 Å².